The average Bonchev–Trinajstić information content (AvgIpc) is 2.71. The lowest BCUT2D eigenvalue weighted by molar-refractivity contribution is 0.484. The molecular formula is C13H26N4O2S. The van der Waals surface area contributed by atoms with Crippen LogP contribution in [-0.4, -0.2) is 43.1 Å². The Balaban J connectivity index is 2.19. The fraction of sp³-hybridized carbons (Fsp3) is 0.769. The largest absolute Gasteiger partial charge is 0.313 e. The van der Waals surface area contributed by atoms with Crippen molar-refractivity contribution in [2.75, 3.05) is 18.8 Å². The van der Waals surface area contributed by atoms with Crippen molar-refractivity contribution < 1.29 is 8.42 Å². The molecule has 0 aliphatic heterocycles. The summed E-state index contributed by atoms with van der Waals surface area (Å²) >= 11 is 0. The van der Waals surface area contributed by atoms with Gasteiger partial charge in [-0.1, -0.05) is 0 Å². The molecule has 0 amide bonds. The van der Waals surface area contributed by atoms with Crippen molar-refractivity contribution in [2.45, 2.75) is 46.7 Å². The maximum atomic E-state index is 11.3. The number of rotatable bonds is 9. The van der Waals surface area contributed by atoms with E-state index in [0.717, 1.165) is 25.2 Å². The third-order valence-corrected chi connectivity index (χ3v) is 4.50. The van der Waals surface area contributed by atoms with Crippen LogP contribution in [0.1, 0.15) is 31.7 Å². The summed E-state index contributed by atoms with van der Waals surface area (Å²) in [4.78, 5) is 0. The van der Waals surface area contributed by atoms with E-state index in [2.05, 4.69) is 28.1 Å². The second-order valence-electron chi connectivity index (χ2n) is 5.11. The maximum Gasteiger partial charge on any atom is 0.211 e. The van der Waals surface area contributed by atoms with E-state index in [4.69, 9.17) is 0 Å². The zero-order valence-electron chi connectivity index (χ0n) is 12.8. The first-order chi connectivity index (χ1) is 9.34. The van der Waals surface area contributed by atoms with E-state index in [0.29, 0.717) is 6.54 Å². The molecule has 0 radical (unpaired) electrons. The Kier molecular flexibility index (Phi) is 6.64. The van der Waals surface area contributed by atoms with Gasteiger partial charge in [0.15, 0.2) is 0 Å². The van der Waals surface area contributed by atoms with Gasteiger partial charge >= 0.3 is 0 Å². The highest BCUT2D eigenvalue weighted by Crippen LogP contribution is 2.02. The molecule has 1 atom stereocenters. The predicted octanol–water partition coefficient (Wildman–Crippen LogP) is 0.807. The number of hydrogen-bond donors (Lipinski definition) is 2. The molecule has 0 aliphatic carbocycles. The van der Waals surface area contributed by atoms with Crippen molar-refractivity contribution in [3.05, 3.63) is 17.5 Å². The highest BCUT2D eigenvalue weighted by Gasteiger charge is 2.08. The molecule has 1 heterocycles. The Labute approximate surface area is 122 Å². The summed E-state index contributed by atoms with van der Waals surface area (Å²) in [6, 6.07) is 2.19. The topological polar surface area (TPSA) is 76.0 Å². The van der Waals surface area contributed by atoms with Crippen LogP contribution in [-0.2, 0) is 16.6 Å². The second-order valence-corrected chi connectivity index (χ2v) is 7.21. The second kappa shape index (κ2) is 7.75. The molecule has 1 aromatic heterocycles. The molecule has 0 aromatic carbocycles. The molecular weight excluding hydrogens is 276 g/mol. The van der Waals surface area contributed by atoms with Crippen molar-refractivity contribution in [1.29, 1.82) is 0 Å². The zero-order chi connectivity index (χ0) is 15.2. The molecule has 0 bridgehead atoms. The van der Waals surface area contributed by atoms with Crippen molar-refractivity contribution >= 4 is 10.0 Å². The van der Waals surface area contributed by atoms with E-state index in [9.17, 15) is 8.42 Å². The van der Waals surface area contributed by atoms with Crippen LogP contribution in [0.3, 0.4) is 0 Å². The molecule has 2 N–H and O–H groups in total. The normalized spacial score (nSPS) is 13.6. The lowest BCUT2D eigenvalue weighted by Crippen LogP contribution is -2.40. The third kappa shape index (κ3) is 6.02. The Hall–Kier alpha value is -0.920. The van der Waals surface area contributed by atoms with Gasteiger partial charge in [-0.3, -0.25) is 4.68 Å². The quantitative estimate of drug-likeness (QED) is 0.662. The fourth-order valence-corrected chi connectivity index (χ4v) is 2.61. The molecule has 0 saturated carbocycles. The summed E-state index contributed by atoms with van der Waals surface area (Å²) in [6.45, 7) is 9.79. The average molecular weight is 302 g/mol. The lowest BCUT2D eigenvalue weighted by atomic mass is 10.3. The van der Waals surface area contributed by atoms with Crippen LogP contribution in [0.5, 0.6) is 0 Å². The third-order valence-electron chi connectivity index (χ3n) is 3.13. The molecule has 116 valence electrons. The fourth-order valence-electron chi connectivity index (χ4n) is 1.90. The van der Waals surface area contributed by atoms with Crippen molar-refractivity contribution in [1.82, 2.24) is 19.8 Å². The Morgan fingerprint density at radius 3 is 2.65 bits per heavy atom. The first-order valence-corrected chi connectivity index (χ1v) is 8.71. The summed E-state index contributed by atoms with van der Waals surface area (Å²) in [5, 5.41) is 7.71. The van der Waals surface area contributed by atoms with Gasteiger partial charge in [0.25, 0.3) is 0 Å². The molecule has 0 saturated heterocycles. The van der Waals surface area contributed by atoms with Gasteiger partial charge in [-0.25, -0.2) is 13.1 Å². The summed E-state index contributed by atoms with van der Waals surface area (Å²) in [6.07, 6.45) is 0.965. The van der Waals surface area contributed by atoms with Gasteiger partial charge < -0.3 is 5.32 Å². The number of sulfonamides is 1. The van der Waals surface area contributed by atoms with E-state index >= 15 is 0 Å². The van der Waals surface area contributed by atoms with Gasteiger partial charge in [-0.2, -0.15) is 5.10 Å². The maximum absolute atomic E-state index is 11.3. The van der Waals surface area contributed by atoms with Crippen molar-refractivity contribution in [3.63, 3.8) is 0 Å². The van der Waals surface area contributed by atoms with Gasteiger partial charge in [0.2, 0.25) is 10.0 Å². The molecule has 7 heteroatoms. The minimum atomic E-state index is -3.10. The molecule has 1 aromatic rings. The summed E-state index contributed by atoms with van der Waals surface area (Å²) < 4.78 is 27.2. The molecule has 0 fully saturated rings. The molecule has 0 aliphatic rings. The van der Waals surface area contributed by atoms with Gasteiger partial charge in [-0.05, 0) is 46.7 Å². The summed E-state index contributed by atoms with van der Waals surface area (Å²) in [5.74, 6) is 0.123. The molecule has 1 unspecified atom stereocenters. The van der Waals surface area contributed by atoms with Crippen LogP contribution in [0.25, 0.3) is 0 Å². The first-order valence-electron chi connectivity index (χ1n) is 7.06. The Morgan fingerprint density at radius 2 is 2.10 bits per heavy atom. The standard InChI is InChI=1S/C13H26N4O2S/c1-5-20(18,19)15-10-12(3)14-7-6-8-17-13(4)9-11(2)16-17/h9,12,14-15H,5-8,10H2,1-4H3. The highest BCUT2D eigenvalue weighted by atomic mass is 32.2. The van der Waals surface area contributed by atoms with Crippen LogP contribution in [0.15, 0.2) is 6.07 Å². The monoisotopic (exact) mass is 302 g/mol. The van der Waals surface area contributed by atoms with Crippen LogP contribution in [0.4, 0.5) is 0 Å². The van der Waals surface area contributed by atoms with Gasteiger partial charge in [0.05, 0.1) is 11.4 Å². The highest BCUT2D eigenvalue weighted by molar-refractivity contribution is 7.89. The number of nitrogens with one attached hydrogen (secondary N) is 2. The van der Waals surface area contributed by atoms with Crippen molar-refractivity contribution in [2.24, 2.45) is 0 Å². The van der Waals surface area contributed by atoms with E-state index in [1.807, 2.05) is 18.5 Å². The SMILES string of the molecule is CCS(=O)(=O)NCC(C)NCCCn1nc(C)cc1C. The molecule has 1 rings (SSSR count). The number of aromatic nitrogens is 2. The van der Waals surface area contributed by atoms with Crippen LogP contribution >= 0.6 is 0 Å². The van der Waals surface area contributed by atoms with E-state index < -0.39 is 10.0 Å². The van der Waals surface area contributed by atoms with E-state index in [1.165, 1.54) is 5.69 Å². The Morgan fingerprint density at radius 1 is 1.40 bits per heavy atom. The number of nitrogens with zero attached hydrogens (tertiary/aromatic N) is 2. The minimum absolute atomic E-state index is 0.122. The van der Waals surface area contributed by atoms with Crippen LogP contribution in [0, 0.1) is 13.8 Å². The number of hydrogen-bond acceptors (Lipinski definition) is 4. The van der Waals surface area contributed by atoms with Crippen LogP contribution < -0.4 is 10.0 Å². The minimum Gasteiger partial charge on any atom is -0.313 e. The van der Waals surface area contributed by atoms with E-state index in [1.54, 1.807) is 6.92 Å². The first kappa shape index (κ1) is 17.1. The van der Waals surface area contributed by atoms with E-state index in [-0.39, 0.29) is 11.8 Å². The summed E-state index contributed by atoms with van der Waals surface area (Å²) in [5.41, 5.74) is 2.21. The van der Waals surface area contributed by atoms with Gasteiger partial charge in [0.1, 0.15) is 0 Å². The lowest BCUT2D eigenvalue weighted by Gasteiger charge is -2.14. The predicted molar refractivity (Wildman–Crippen MR) is 81.2 cm³/mol. The van der Waals surface area contributed by atoms with Gasteiger partial charge in [0, 0.05) is 24.8 Å². The summed E-state index contributed by atoms with van der Waals surface area (Å²) in [7, 11) is -3.10. The number of aryl methyl sites for hydroxylation is 3. The van der Waals surface area contributed by atoms with Gasteiger partial charge in [-0.15, -0.1) is 0 Å². The van der Waals surface area contributed by atoms with Crippen molar-refractivity contribution in [3.8, 4) is 0 Å². The smallest absolute Gasteiger partial charge is 0.211 e. The molecule has 6 nitrogen and oxygen atoms in total. The van der Waals surface area contributed by atoms with Crippen LogP contribution in [0.2, 0.25) is 0 Å². The molecule has 20 heavy (non-hydrogen) atoms. The Bertz CT molecular complexity index is 510. The zero-order valence-corrected chi connectivity index (χ0v) is 13.6. The molecule has 0 spiro atoms.